The molecule has 0 radical (unpaired) electrons. The molecule has 0 saturated carbocycles. The summed E-state index contributed by atoms with van der Waals surface area (Å²) in [7, 11) is 0. The molecule has 0 saturated heterocycles. The van der Waals surface area contributed by atoms with Crippen LogP contribution in [-0.2, 0) is 14.3 Å². The number of carbonyl (C=O) groups excluding carboxylic acids is 2. The van der Waals surface area contributed by atoms with E-state index in [2.05, 4.69) is 13.0 Å². The van der Waals surface area contributed by atoms with Gasteiger partial charge in [-0.3, -0.25) is 4.79 Å². The van der Waals surface area contributed by atoms with Gasteiger partial charge in [0.2, 0.25) is 0 Å². The van der Waals surface area contributed by atoms with Crippen LogP contribution in [0.3, 0.4) is 0 Å². The predicted octanol–water partition coefficient (Wildman–Crippen LogP) is -1.89. The van der Waals surface area contributed by atoms with Crippen LogP contribution < -0.4 is 34.7 Å². The Bertz CT molecular complexity index is 662. The number of carboxylic acid groups (broad SMARTS) is 1. The molecule has 0 bridgehead atoms. The Morgan fingerprint density at radius 3 is 2.58 bits per heavy atom. The Labute approximate surface area is 206 Å². The maximum atomic E-state index is 12.4. The van der Waals surface area contributed by atoms with Crippen LogP contribution in [0, 0.1) is 23.7 Å². The van der Waals surface area contributed by atoms with Gasteiger partial charge in [0.15, 0.2) is 0 Å². The maximum absolute atomic E-state index is 12.4. The number of esters is 1. The number of aliphatic hydroxyl groups is 3. The number of rotatable bonds is 10. The first-order chi connectivity index (χ1) is 14.1. The smallest absolute Gasteiger partial charge is 0.550 e. The van der Waals surface area contributed by atoms with E-state index >= 15 is 0 Å². The van der Waals surface area contributed by atoms with Gasteiger partial charge in [-0.25, -0.2) is 0 Å². The largest absolute Gasteiger partial charge is 1.00 e. The number of fused-ring (bicyclic) bond motifs is 1. The summed E-state index contributed by atoms with van der Waals surface area (Å²) < 4.78 is 5.83. The summed E-state index contributed by atoms with van der Waals surface area (Å²) in [6, 6.07) is 0. The van der Waals surface area contributed by atoms with Crippen LogP contribution in [0.2, 0.25) is 0 Å². The van der Waals surface area contributed by atoms with Crippen molar-refractivity contribution in [1.29, 1.82) is 0 Å². The third kappa shape index (κ3) is 8.30. The van der Waals surface area contributed by atoms with Gasteiger partial charge in [-0.15, -0.1) is 0 Å². The number of allylic oxidation sites excluding steroid dienone is 2. The monoisotopic (exact) mass is 446 g/mol. The minimum absolute atomic E-state index is 0. The van der Waals surface area contributed by atoms with E-state index in [1.165, 1.54) is 0 Å². The van der Waals surface area contributed by atoms with E-state index in [0.717, 1.165) is 5.57 Å². The number of hydrogen-bond acceptors (Lipinski definition) is 7. The zero-order valence-electron chi connectivity index (χ0n) is 19.1. The maximum Gasteiger partial charge on any atom is 1.00 e. The molecule has 31 heavy (non-hydrogen) atoms. The van der Waals surface area contributed by atoms with Crippen LogP contribution in [-0.4, -0.2) is 51.7 Å². The average molecular weight is 447 g/mol. The van der Waals surface area contributed by atoms with Gasteiger partial charge in [0.05, 0.1) is 24.2 Å². The average Bonchev–Trinajstić information content (AvgIpc) is 2.65. The van der Waals surface area contributed by atoms with E-state index in [1.54, 1.807) is 0 Å². The number of carbonyl (C=O) groups is 2. The second kappa shape index (κ2) is 13.1. The summed E-state index contributed by atoms with van der Waals surface area (Å²) in [5.74, 6) is -1.60. The van der Waals surface area contributed by atoms with Gasteiger partial charge < -0.3 is 30.0 Å². The van der Waals surface area contributed by atoms with Crippen molar-refractivity contribution in [1.82, 2.24) is 0 Å². The molecule has 8 atom stereocenters. The van der Waals surface area contributed by atoms with Crippen LogP contribution in [0.4, 0.5) is 0 Å². The summed E-state index contributed by atoms with van der Waals surface area (Å²) in [4.78, 5) is 23.0. The number of aliphatic carboxylic acids is 1. The molecule has 0 aromatic heterocycles. The van der Waals surface area contributed by atoms with E-state index in [-0.39, 0.29) is 65.6 Å². The van der Waals surface area contributed by atoms with Gasteiger partial charge in [-0.1, -0.05) is 39.0 Å². The van der Waals surface area contributed by atoms with Crippen molar-refractivity contribution in [3.05, 3.63) is 23.8 Å². The molecule has 2 aliphatic rings. The van der Waals surface area contributed by atoms with Crippen LogP contribution in [0.5, 0.6) is 0 Å². The summed E-state index contributed by atoms with van der Waals surface area (Å²) in [6.45, 7) is 5.83. The van der Waals surface area contributed by atoms with Crippen molar-refractivity contribution < 1.29 is 64.3 Å². The summed E-state index contributed by atoms with van der Waals surface area (Å²) >= 11 is 0. The van der Waals surface area contributed by atoms with Crippen molar-refractivity contribution >= 4 is 11.9 Å². The van der Waals surface area contributed by atoms with Crippen molar-refractivity contribution in [2.24, 2.45) is 23.7 Å². The molecule has 2 rings (SSSR count). The minimum Gasteiger partial charge on any atom is -0.550 e. The Balaban J connectivity index is 0.00000480. The van der Waals surface area contributed by atoms with Gasteiger partial charge in [0.25, 0.3) is 0 Å². The van der Waals surface area contributed by atoms with E-state index in [1.807, 2.05) is 26.0 Å². The Morgan fingerprint density at radius 2 is 1.97 bits per heavy atom. The van der Waals surface area contributed by atoms with E-state index < -0.39 is 36.8 Å². The third-order valence-corrected chi connectivity index (χ3v) is 6.43. The zero-order chi connectivity index (χ0) is 22.4. The SMILES string of the molecule is CC[C@H](C)C(=O)O[C@@H]1C[C@H](O)C=C2C=C[C@H](C)[C@@H](CC[C@@H](O)C[C@@H](O)CC(=O)[O-])[C@H]21.[Na+]. The van der Waals surface area contributed by atoms with E-state index in [9.17, 15) is 30.0 Å². The number of carboxylic acids is 1. The number of hydrogen-bond donors (Lipinski definition) is 3. The second-order valence-corrected chi connectivity index (χ2v) is 8.86. The molecule has 8 heteroatoms. The molecule has 0 heterocycles. The van der Waals surface area contributed by atoms with Crippen LogP contribution in [0.15, 0.2) is 23.8 Å². The molecule has 0 aromatic carbocycles. The fraction of sp³-hybridized carbons (Fsp3) is 0.739. The Kier molecular flexibility index (Phi) is 12.0. The molecule has 0 amide bonds. The molecule has 0 aromatic rings. The summed E-state index contributed by atoms with van der Waals surface area (Å²) in [6.07, 6.45) is 4.31. The molecule has 0 aliphatic heterocycles. The van der Waals surface area contributed by atoms with Gasteiger partial charge in [0, 0.05) is 24.7 Å². The van der Waals surface area contributed by atoms with Gasteiger partial charge in [0.1, 0.15) is 6.10 Å². The first-order valence-corrected chi connectivity index (χ1v) is 11.0. The molecule has 0 unspecified atom stereocenters. The van der Waals surface area contributed by atoms with Gasteiger partial charge in [-0.2, -0.15) is 0 Å². The molecule has 3 N–H and O–H groups in total. The normalized spacial score (nSPS) is 30.3. The van der Waals surface area contributed by atoms with Crippen molar-refractivity contribution in [2.75, 3.05) is 0 Å². The number of ether oxygens (including phenoxy) is 1. The Hall–Kier alpha value is -0.700. The first-order valence-electron chi connectivity index (χ1n) is 11.0. The summed E-state index contributed by atoms with van der Waals surface area (Å²) in [5.41, 5.74) is 0.949. The van der Waals surface area contributed by atoms with Crippen molar-refractivity contribution in [2.45, 2.75) is 83.7 Å². The molecular weight excluding hydrogens is 411 g/mol. The topological polar surface area (TPSA) is 127 Å². The fourth-order valence-corrected chi connectivity index (χ4v) is 4.51. The molecular formula is C23H35NaO7. The van der Waals surface area contributed by atoms with Gasteiger partial charge >= 0.3 is 35.5 Å². The second-order valence-electron chi connectivity index (χ2n) is 8.86. The van der Waals surface area contributed by atoms with Gasteiger partial charge in [-0.05, 0) is 43.1 Å². The molecule has 170 valence electrons. The van der Waals surface area contributed by atoms with Crippen molar-refractivity contribution in [3.63, 3.8) is 0 Å². The molecule has 0 fully saturated rings. The van der Waals surface area contributed by atoms with Crippen LogP contribution >= 0.6 is 0 Å². The first kappa shape index (κ1) is 28.3. The summed E-state index contributed by atoms with van der Waals surface area (Å²) in [5, 5.41) is 40.8. The molecule has 0 spiro atoms. The van der Waals surface area contributed by atoms with E-state index in [4.69, 9.17) is 4.74 Å². The standard InChI is InChI=1S/C23H36O7.Na/c1-4-13(2)23(29)30-20-11-17(25)9-15-6-5-14(3)19(22(15)20)8-7-16(24)10-18(26)12-21(27)28;/h5-6,9,13-14,16-20,22,24-26H,4,7-8,10-12H2,1-3H3,(H,27,28);/q;+1/p-1/t13-,14-,16+,17+,18+,19+,20+,22-;/m0./s1. The minimum atomic E-state index is -1.35. The van der Waals surface area contributed by atoms with Crippen LogP contribution in [0.1, 0.15) is 59.3 Å². The van der Waals surface area contributed by atoms with Crippen LogP contribution in [0.25, 0.3) is 0 Å². The molecule has 7 nitrogen and oxygen atoms in total. The predicted molar refractivity (Wildman–Crippen MR) is 109 cm³/mol. The van der Waals surface area contributed by atoms with Crippen molar-refractivity contribution in [3.8, 4) is 0 Å². The Morgan fingerprint density at radius 1 is 1.29 bits per heavy atom. The fourth-order valence-electron chi connectivity index (χ4n) is 4.51. The molecule has 2 aliphatic carbocycles. The zero-order valence-corrected chi connectivity index (χ0v) is 21.1. The quantitative estimate of drug-likeness (QED) is 0.265. The number of aliphatic hydroxyl groups excluding tert-OH is 3. The van der Waals surface area contributed by atoms with E-state index in [0.29, 0.717) is 25.7 Å². The third-order valence-electron chi connectivity index (χ3n) is 6.43.